The topological polar surface area (TPSA) is 118 Å². The van der Waals surface area contributed by atoms with E-state index in [1.807, 2.05) is 0 Å². The Morgan fingerprint density at radius 3 is 1.26 bits per heavy atom. The SMILES string of the molecule is CCCCCCCCOC(CCC(=O)OCC(CO)COC(=O)CCCCCCCCCCC(=O)OCCCCC)OCCCCCCCC. The lowest BCUT2D eigenvalue weighted by molar-refractivity contribution is -0.161. The van der Waals surface area contributed by atoms with E-state index in [-0.39, 0.29) is 44.1 Å². The Balaban J connectivity index is 4.07. The molecule has 50 heavy (non-hydrogen) atoms. The molecule has 0 saturated heterocycles. The van der Waals surface area contributed by atoms with Crippen LogP contribution in [0.1, 0.15) is 194 Å². The number of unbranched alkanes of at least 4 members (excludes halogenated alkanes) is 19. The number of aliphatic hydroxyl groups is 1. The quantitative estimate of drug-likeness (QED) is 0.0287. The Bertz CT molecular complexity index is 742. The maximum absolute atomic E-state index is 12.5. The number of aliphatic hydroxyl groups excluding tert-OH is 1. The molecule has 0 heterocycles. The van der Waals surface area contributed by atoms with Gasteiger partial charge in [0.15, 0.2) is 6.29 Å². The van der Waals surface area contributed by atoms with Crippen molar-refractivity contribution in [3.63, 3.8) is 0 Å². The largest absolute Gasteiger partial charge is 0.466 e. The maximum atomic E-state index is 12.5. The molecule has 1 N–H and O–H groups in total. The van der Waals surface area contributed by atoms with Gasteiger partial charge >= 0.3 is 17.9 Å². The normalized spacial score (nSPS) is 11.9. The lowest BCUT2D eigenvalue weighted by Crippen LogP contribution is -2.25. The van der Waals surface area contributed by atoms with Crippen LogP contribution in [0.3, 0.4) is 0 Å². The summed E-state index contributed by atoms with van der Waals surface area (Å²) in [6.07, 6.45) is 26.5. The molecule has 0 aromatic rings. The maximum Gasteiger partial charge on any atom is 0.305 e. The second-order valence-corrected chi connectivity index (χ2v) is 13.9. The van der Waals surface area contributed by atoms with Gasteiger partial charge in [-0.15, -0.1) is 0 Å². The van der Waals surface area contributed by atoms with Crippen LogP contribution in [0.4, 0.5) is 0 Å². The summed E-state index contributed by atoms with van der Waals surface area (Å²) in [6.45, 7) is 8.16. The van der Waals surface area contributed by atoms with Crippen molar-refractivity contribution >= 4 is 17.9 Å². The zero-order valence-electron chi connectivity index (χ0n) is 32.7. The molecule has 0 amide bonds. The third-order valence-corrected chi connectivity index (χ3v) is 8.93. The van der Waals surface area contributed by atoms with E-state index in [2.05, 4.69) is 20.8 Å². The minimum atomic E-state index is -0.450. The van der Waals surface area contributed by atoms with Crippen LogP contribution in [-0.4, -0.2) is 68.9 Å². The van der Waals surface area contributed by atoms with Crippen molar-refractivity contribution in [2.45, 2.75) is 200 Å². The number of ether oxygens (including phenoxy) is 5. The summed E-state index contributed by atoms with van der Waals surface area (Å²) in [5.41, 5.74) is 0. The lowest BCUT2D eigenvalue weighted by atomic mass is 10.1. The van der Waals surface area contributed by atoms with E-state index < -0.39 is 12.2 Å². The van der Waals surface area contributed by atoms with Crippen LogP contribution >= 0.6 is 0 Å². The standard InChI is InChI=1S/C41H78O9/c1-4-7-10-12-20-25-32-47-41(48-33-26-21-13-11-8-5-2)30-29-40(45)50-36-37(34-42)35-49-39(44)28-23-19-17-15-14-16-18-22-27-38(43)46-31-24-9-6-3/h37,41-42H,4-36H2,1-3H3. The summed E-state index contributed by atoms with van der Waals surface area (Å²) in [6, 6.07) is 0. The summed E-state index contributed by atoms with van der Waals surface area (Å²) < 4.78 is 28.0. The second kappa shape index (κ2) is 38.5. The van der Waals surface area contributed by atoms with Gasteiger partial charge < -0.3 is 28.8 Å². The van der Waals surface area contributed by atoms with Crippen molar-refractivity contribution in [1.29, 1.82) is 0 Å². The van der Waals surface area contributed by atoms with E-state index in [9.17, 15) is 19.5 Å². The smallest absolute Gasteiger partial charge is 0.305 e. The Hall–Kier alpha value is -1.71. The molecule has 9 heteroatoms. The predicted molar refractivity (Wildman–Crippen MR) is 201 cm³/mol. The fourth-order valence-electron chi connectivity index (χ4n) is 5.57. The van der Waals surface area contributed by atoms with Crippen molar-refractivity contribution < 1.29 is 43.2 Å². The van der Waals surface area contributed by atoms with Gasteiger partial charge in [-0.3, -0.25) is 14.4 Å². The highest BCUT2D eigenvalue weighted by Gasteiger charge is 2.17. The van der Waals surface area contributed by atoms with Gasteiger partial charge in [0.05, 0.1) is 38.8 Å². The van der Waals surface area contributed by atoms with Gasteiger partial charge in [0.25, 0.3) is 0 Å². The Labute approximate surface area is 306 Å². The highest BCUT2D eigenvalue weighted by molar-refractivity contribution is 5.70. The lowest BCUT2D eigenvalue weighted by Gasteiger charge is -2.19. The summed E-state index contributed by atoms with van der Waals surface area (Å²) in [4.78, 5) is 36.4. The molecule has 296 valence electrons. The highest BCUT2D eigenvalue weighted by atomic mass is 16.7. The van der Waals surface area contributed by atoms with Gasteiger partial charge in [0.1, 0.15) is 0 Å². The van der Waals surface area contributed by atoms with E-state index in [0.29, 0.717) is 39.1 Å². The highest BCUT2D eigenvalue weighted by Crippen LogP contribution is 2.14. The van der Waals surface area contributed by atoms with Crippen molar-refractivity contribution in [1.82, 2.24) is 0 Å². The number of hydrogen-bond acceptors (Lipinski definition) is 9. The fourth-order valence-corrected chi connectivity index (χ4v) is 5.57. The van der Waals surface area contributed by atoms with Gasteiger partial charge in [0, 0.05) is 32.5 Å². The molecule has 0 radical (unpaired) electrons. The summed E-state index contributed by atoms with van der Waals surface area (Å²) in [5.74, 6) is -1.18. The molecule has 0 bridgehead atoms. The Kier molecular flexibility index (Phi) is 37.2. The Morgan fingerprint density at radius 2 is 0.800 bits per heavy atom. The number of carbonyl (C=O) groups is 3. The van der Waals surface area contributed by atoms with Crippen LogP contribution in [0.25, 0.3) is 0 Å². The van der Waals surface area contributed by atoms with Crippen LogP contribution in [0.15, 0.2) is 0 Å². The van der Waals surface area contributed by atoms with Gasteiger partial charge in [-0.2, -0.15) is 0 Å². The van der Waals surface area contributed by atoms with Crippen LogP contribution in [0.5, 0.6) is 0 Å². The van der Waals surface area contributed by atoms with Crippen LogP contribution in [-0.2, 0) is 38.1 Å². The minimum absolute atomic E-state index is 0.00462. The third kappa shape index (κ3) is 34.7. The molecule has 0 aliphatic carbocycles. The zero-order chi connectivity index (χ0) is 36.8. The number of esters is 3. The molecule has 0 aliphatic heterocycles. The first-order chi connectivity index (χ1) is 24.5. The summed E-state index contributed by atoms with van der Waals surface area (Å²) in [5, 5.41) is 9.73. The second-order valence-electron chi connectivity index (χ2n) is 13.9. The number of carbonyl (C=O) groups excluding carboxylic acids is 3. The van der Waals surface area contributed by atoms with Crippen molar-refractivity contribution in [2.75, 3.05) is 39.6 Å². The summed E-state index contributed by atoms with van der Waals surface area (Å²) in [7, 11) is 0. The molecule has 0 aliphatic rings. The predicted octanol–water partition coefficient (Wildman–Crippen LogP) is 10.2. The average Bonchev–Trinajstić information content (AvgIpc) is 3.12. The van der Waals surface area contributed by atoms with Gasteiger partial charge in [-0.05, 0) is 32.1 Å². The monoisotopic (exact) mass is 715 g/mol. The third-order valence-electron chi connectivity index (χ3n) is 8.93. The molecular weight excluding hydrogens is 636 g/mol. The first-order valence-corrected chi connectivity index (χ1v) is 20.8. The van der Waals surface area contributed by atoms with E-state index in [0.717, 1.165) is 96.3 Å². The van der Waals surface area contributed by atoms with Crippen LogP contribution in [0, 0.1) is 5.92 Å². The molecule has 0 aromatic heterocycles. The Morgan fingerprint density at radius 1 is 0.440 bits per heavy atom. The van der Waals surface area contributed by atoms with Crippen molar-refractivity contribution in [3.8, 4) is 0 Å². The first kappa shape index (κ1) is 48.3. The molecule has 0 spiro atoms. The molecular formula is C41H78O9. The molecule has 0 aromatic carbocycles. The van der Waals surface area contributed by atoms with E-state index in [1.54, 1.807) is 0 Å². The minimum Gasteiger partial charge on any atom is -0.466 e. The molecule has 0 saturated carbocycles. The molecule has 9 nitrogen and oxygen atoms in total. The van der Waals surface area contributed by atoms with Crippen LogP contribution < -0.4 is 0 Å². The zero-order valence-corrected chi connectivity index (χ0v) is 32.7. The van der Waals surface area contributed by atoms with Crippen LogP contribution in [0.2, 0.25) is 0 Å². The van der Waals surface area contributed by atoms with Gasteiger partial charge in [-0.25, -0.2) is 0 Å². The van der Waals surface area contributed by atoms with Crippen molar-refractivity contribution in [2.24, 2.45) is 5.92 Å². The molecule has 1 atom stereocenters. The van der Waals surface area contributed by atoms with Crippen molar-refractivity contribution in [3.05, 3.63) is 0 Å². The number of rotatable bonds is 39. The summed E-state index contributed by atoms with van der Waals surface area (Å²) >= 11 is 0. The number of hydrogen-bond donors (Lipinski definition) is 1. The van der Waals surface area contributed by atoms with E-state index in [4.69, 9.17) is 23.7 Å². The first-order valence-electron chi connectivity index (χ1n) is 20.8. The molecule has 0 fully saturated rings. The van der Waals surface area contributed by atoms with E-state index >= 15 is 0 Å². The van der Waals surface area contributed by atoms with E-state index in [1.165, 1.54) is 51.4 Å². The molecule has 0 rings (SSSR count). The average molecular weight is 715 g/mol. The van der Waals surface area contributed by atoms with Gasteiger partial charge in [-0.1, -0.05) is 136 Å². The fraction of sp³-hybridized carbons (Fsp3) is 0.927. The molecule has 1 unspecified atom stereocenters. The van der Waals surface area contributed by atoms with Gasteiger partial charge in [0.2, 0.25) is 0 Å².